The molecule has 0 N–H and O–H groups in total. The van der Waals surface area contributed by atoms with Crippen LogP contribution in [0.15, 0.2) is 146 Å². The smallest absolute Gasteiger partial charge is 0.0465 e. The monoisotopic (exact) mass is 1020 g/mol. The van der Waals surface area contributed by atoms with Crippen LogP contribution in [0, 0.1) is 27.7 Å². The first-order valence-electron chi connectivity index (χ1n) is 31.0. The van der Waals surface area contributed by atoms with Gasteiger partial charge in [0, 0.05) is 39.5 Å². The van der Waals surface area contributed by atoms with Crippen molar-refractivity contribution in [3.05, 3.63) is 190 Å². The lowest BCUT2D eigenvalue weighted by atomic mass is 9.70. The summed E-state index contributed by atoms with van der Waals surface area (Å²) in [5.41, 5.74) is 24.1. The highest BCUT2D eigenvalue weighted by atomic mass is 15.1. The Hall–Kier alpha value is -5.86. The van der Waals surface area contributed by atoms with Gasteiger partial charge in [0.25, 0.3) is 0 Å². The molecule has 406 valence electrons. The first-order chi connectivity index (χ1) is 37.7. The van der Waals surface area contributed by atoms with Crippen LogP contribution in [0.2, 0.25) is 0 Å². The minimum absolute atomic E-state index is 0.117. The molecule has 0 atom stereocenters. The molecule has 1 aliphatic carbocycles. The van der Waals surface area contributed by atoms with Crippen molar-refractivity contribution in [2.24, 2.45) is 0 Å². The van der Waals surface area contributed by atoms with Crippen LogP contribution in [-0.2, 0) is 18.3 Å². The Morgan fingerprint density at radius 2 is 0.636 bits per heavy atom. The summed E-state index contributed by atoms with van der Waals surface area (Å²) in [4.78, 5) is 5.05. The molecule has 2 nitrogen and oxygen atoms in total. The average Bonchev–Trinajstić information content (AvgIpc) is 3.92. The quantitative estimate of drug-likeness (QED) is 0.0400. The van der Waals surface area contributed by atoms with E-state index in [0.29, 0.717) is 0 Å². The molecule has 77 heavy (non-hydrogen) atoms. The molecule has 0 aliphatic heterocycles. The number of unbranched alkanes of at least 4 members (excludes halogenated alkanes) is 16. The fraction of sp³-hybridized carbons (Fsp3) is 0.440. The second-order valence-corrected chi connectivity index (χ2v) is 23.4. The predicted octanol–water partition coefficient (Wildman–Crippen LogP) is 23.5. The van der Waals surface area contributed by atoms with E-state index in [-0.39, 0.29) is 5.41 Å². The average molecular weight is 1030 g/mol. The van der Waals surface area contributed by atoms with Gasteiger partial charge < -0.3 is 9.80 Å². The van der Waals surface area contributed by atoms with Crippen LogP contribution >= 0.6 is 0 Å². The van der Waals surface area contributed by atoms with Crippen LogP contribution < -0.4 is 9.80 Å². The van der Waals surface area contributed by atoms with E-state index in [4.69, 9.17) is 0 Å². The van der Waals surface area contributed by atoms with Crippen LogP contribution in [0.4, 0.5) is 34.1 Å². The Morgan fingerprint density at radius 1 is 0.299 bits per heavy atom. The number of hydrogen-bond acceptors (Lipinski definition) is 2. The first kappa shape index (κ1) is 57.3. The van der Waals surface area contributed by atoms with Gasteiger partial charge >= 0.3 is 0 Å². The fourth-order valence-corrected chi connectivity index (χ4v) is 12.6. The summed E-state index contributed by atoms with van der Waals surface area (Å²) in [7, 11) is 0. The van der Waals surface area contributed by atoms with Gasteiger partial charge in [0.2, 0.25) is 0 Å². The molecule has 0 saturated heterocycles. The van der Waals surface area contributed by atoms with Gasteiger partial charge in [-0.15, -0.1) is 0 Å². The van der Waals surface area contributed by atoms with Gasteiger partial charge in [-0.1, -0.05) is 233 Å². The maximum absolute atomic E-state index is 2.65. The lowest BCUT2D eigenvalue weighted by Gasteiger charge is -2.35. The van der Waals surface area contributed by atoms with Crippen molar-refractivity contribution in [2.45, 2.75) is 215 Å². The maximum atomic E-state index is 2.65. The van der Waals surface area contributed by atoms with Gasteiger partial charge in [-0.2, -0.15) is 0 Å². The molecule has 7 aromatic rings. The SMILES string of the molecule is CCCCCCCCC1(CCCCCCCC)c2cc(N(c3ccc(C)cc3)c3ccc(C)cc3)ccc2-c2ccc(N(c3ccc(C)cc3)c3ccc(-c4cc(CCCCCC)c(C)cc4CCCCCC)cc3)cc21. The molecule has 0 spiro atoms. The molecule has 7 aromatic carbocycles. The number of rotatable bonds is 31. The van der Waals surface area contributed by atoms with Crippen LogP contribution in [0.5, 0.6) is 0 Å². The van der Waals surface area contributed by atoms with Crippen molar-refractivity contribution in [3.8, 4) is 22.3 Å². The number of hydrogen-bond donors (Lipinski definition) is 0. The van der Waals surface area contributed by atoms with Crippen LogP contribution in [0.3, 0.4) is 0 Å². The summed E-state index contributed by atoms with van der Waals surface area (Å²) < 4.78 is 0. The Bertz CT molecular complexity index is 2820. The largest absolute Gasteiger partial charge is 0.310 e. The Kier molecular flexibility index (Phi) is 21.3. The minimum Gasteiger partial charge on any atom is -0.310 e. The van der Waals surface area contributed by atoms with Crippen LogP contribution in [-0.4, -0.2) is 0 Å². The normalized spacial score (nSPS) is 12.5. The zero-order chi connectivity index (χ0) is 54.0. The highest BCUT2D eigenvalue weighted by Gasteiger charge is 2.43. The van der Waals surface area contributed by atoms with Gasteiger partial charge in [0.1, 0.15) is 0 Å². The Balaban J connectivity index is 1.25. The molecule has 0 fully saturated rings. The molecule has 0 heterocycles. The molecule has 8 rings (SSSR count). The number of benzene rings is 7. The minimum atomic E-state index is -0.117. The topological polar surface area (TPSA) is 6.48 Å². The zero-order valence-corrected chi connectivity index (χ0v) is 49.2. The van der Waals surface area contributed by atoms with E-state index in [1.165, 1.54) is 229 Å². The summed E-state index contributed by atoms with van der Waals surface area (Å²) in [6, 6.07) is 57.4. The highest BCUT2D eigenvalue weighted by molar-refractivity contribution is 5.89. The maximum Gasteiger partial charge on any atom is 0.0465 e. The first-order valence-corrected chi connectivity index (χ1v) is 31.0. The lowest BCUT2D eigenvalue weighted by molar-refractivity contribution is 0.398. The van der Waals surface area contributed by atoms with Crippen molar-refractivity contribution in [1.82, 2.24) is 0 Å². The highest BCUT2D eigenvalue weighted by Crippen LogP contribution is 2.57. The Labute approximate surface area is 468 Å². The predicted molar refractivity (Wildman–Crippen MR) is 338 cm³/mol. The van der Waals surface area contributed by atoms with Crippen molar-refractivity contribution in [3.63, 3.8) is 0 Å². The fourth-order valence-electron chi connectivity index (χ4n) is 12.6. The second kappa shape index (κ2) is 28.7. The van der Waals surface area contributed by atoms with Crippen molar-refractivity contribution in [1.29, 1.82) is 0 Å². The summed E-state index contributed by atoms with van der Waals surface area (Å²) in [6.45, 7) is 18.3. The van der Waals surface area contributed by atoms with E-state index in [9.17, 15) is 0 Å². The molecular formula is C75H96N2. The van der Waals surface area contributed by atoms with Crippen molar-refractivity contribution in [2.75, 3.05) is 9.80 Å². The molecule has 0 saturated carbocycles. The Morgan fingerprint density at radius 3 is 1.04 bits per heavy atom. The molecule has 2 heteroatoms. The van der Waals surface area contributed by atoms with Crippen molar-refractivity contribution >= 4 is 34.1 Å². The summed E-state index contributed by atoms with van der Waals surface area (Å²) in [6.07, 6.45) is 30.4. The third kappa shape index (κ3) is 14.4. The van der Waals surface area contributed by atoms with Crippen LogP contribution in [0.1, 0.15) is 213 Å². The van der Waals surface area contributed by atoms with Gasteiger partial charge in [-0.3, -0.25) is 0 Å². The van der Waals surface area contributed by atoms with Gasteiger partial charge in [0.05, 0.1) is 0 Å². The third-order valence-corrected chi connectivity index (χ3v) is 17.2. The summed E-state index contributed by atoms with van der Waals surface area (Å²) in [5.74, 6) is 0. The second-order valence-electron chi connectivity index (χ2n) is 23.4. The molecule has 1 aliphatic rings. The third-order valence-electron chi connectivity index (χ3n) is 17.2. The van der Waals surface area contributed by atoms with Gasteiger partial charge in [-0.05, 0) is 189 Å². The number of fused-ring (bicyclic) bond motifs is 3. The van der Waals surface area contributed by atoms with Crippen molar-refractivity contribution < 1.29 is 0 Å². The van der Waals surface area contributed by atoms with E-state index in [2.05, 4.69) is 211 Å². The van der Waals surface area contributed by atoms with E-state index < -0.39 is 0 Å². The molecule has 0 aromatic heterocycles. The van der Waals surface area contributed by atoms with E-state index in [1.807, 2.05) is 0 Å². The van der Waals surface area contributed by atoms with E-state index >= 15 is 0 Å². The van der Waals surface area contributed by atoms with Gasteiger partial charge in [-0.25, -0.2) is 0 Å². The van der Waals surface area contributed by atoms with E-state index in [1.54, 1.807) is 0 Å². The standard InChI is InChI=1S/C75H96N2/c1-9-13-17-21-23-27-51-75(52-28-24-22-18-14-10-2)73-55-68(76(64-39-31-57(5)32-40-64)65-41-33-58(6)34-42-65)47-49-70(73)71-50-48-69(56-74(71)75)77(66-43-35-59(7)36-44-66)67-45-37-61(38-46-67)72-54-62(29-25-19-15-11-3)60(8)53-63(72)30-26-20-16-12-4/h31-50,53-56H,9-30,51-52H2,1-8H3. The molecule has 0 unspecified atom stereocenters. The summed E-state index contributed by atoms with van der Waals surface area (Å²) >= 11 is 0. The van der Waals surface area contributed by atoms with E-state index in [0.717, 1.165) is 25.7 Å². The molecule has 0 radical (unpaired) electrons. The lowest BCUT2D eigenvalue weighted by Crippen LogP contribution is -2.26. The number of anilines is 6. The zero-order valence-electron chi connectivity index (χ0n) is 49.2. The molecular weight excluding hydrogens is 929 g/mol. The number of aryl methyl sites for hydroxylation is 6. The molecule has 0 amide bonds. The summed E-state index contributed by atoms with van der Waals surface area (Å²) in [5, 5.41) is 0. The van der Waals surface area contributed by atoms with Crippen LogP contribution in [0.25, 0.3) is 22.3 Å². The number of nitrogens with zero attached hydrogens (tertiary/aromatic N) is 2. The molecule has 0 bridgehead atoms. The van der Waals surface area contributed by atoms with Gasteiger partial charge in [0.15, 0.2) is 0 Å².